The van der Waals surface area contributed by atoms with E-state index >= 15 is 0 Å². The van der Waals surface area contributed by atoms with Gasteiger partial charge >= 0.3 is 208 Å². The van der Waals surface area contributed by atoms with Crippen molar-refractivity contribution in [3.63, 3.8) is 0 Å². The van der Waals surface area contributed by atoms with Crippen LogP contribution in [0.15, 0.2) is 60.9 Å². The van der Waals surface area contributed by atoms with E-state index in [9.17, 15) is 0 Å². The molecule has 0 atom stereocenters. The molecule has 3 rings (SSSR count). The number of rotatable bonds is 8. The van der Waals surface area contributed by atoms with Crippen molar-refractivity contribution in [2.45, 2.75) is 78.0 Å². The molecule has 0 saturated carbocycles. The first-order valence-electron chi connectivity index (χ1n) is 11.7. The summed E-state index contributed by atoms with van der Waals surface area (Å²) < 4.78 is 5.86. The third-order valence-electron chi connectivity index (χ3n) is 5.81. The van der Waals surface area contributed by atoms with Crippen molar-refractivity contribution in [3.8, 4) is 11.4 Å². The van der Waals surface area contributed by atoms with Crippen LogP contribution in [-0.2, 0) is 17.9 Å². The van der Waals surface area contributed by atoms with E-state index < -0.39 is 0 Å². The monoisotopic (exact) mass is 555 g/mol. The average molecular weight is 555 g/mol. The summed E-state index contributed by atoms with van der Waals surface area (Å²) >= 11 is 3.27. The van der Waals surface area contributed by atoms with Gasteiger partial charge in [0.05, 0.1) is 0 Å². The zero-order chi connectivity index (χ0) is 23.6. The van der Waals surface area contributed by atoms with Crippen molar-refractivity contribution in [2.75, 3.05) is 0 Å². The summed E-state index contributed by atoms with van der Waals surface area (Å²) in [6.45, 7) is 19.0. The van der Waals surface area contributed by atoms with Crippen LogP contribution in [-0.4, -0.2) is 31.8 Å². The Hall–Kier alpha value is -0.867. The van der Waals surface area contributed by atoms with E-state index in [1.807, 2.05) is 0 Å². The Morgan fingerprint density at radius 3 is 1.19 bits per heavy atom. The molecule has 0 N–H and O–H groups in total. The minimum absolute atomic E-state index is 0.248. The van der Waals surface area contributed by atoms with Crippen LogP contribution in [0.4, 0.5) is 0 Å². The Morgan fingerprint density at radius 2 is 0.875 bits per heavy atom. The number of aromatic nitrogens is 2. The average Bonchev–Trinajstić information content (AvgIpc) is 3.09. The summed E-state index contributed by atoms with van der Waals surface area (Å²) in [5.41, 5.74) is 5.23. The maximum atomic E-state index is 3.27. The minimum atomic E-state index is -0.248. The molecule has 0 fully saturated rings. The second kappa shape index (κ2) is 11.0. The van der Waals surface area contributed by atoms with Crippen LogP contribution in [0, 0.1) is 4.01 Å². The van der Waals surface area contributed by atoms with Gasteiger partial charge < -0.3 is 0 Å². The van der Waals surface area contributed by atoms with Gasteiger partial charge in [-0.2, -0.15) is 0 Å². The first kappa shape index (κ1) is 25.8. The van der Waals surface area contributed by atoms with E-state index in [4.69, 9.17) is 0 Å². The van der Waals surface area contributed by atoms with Gasteiger partial charge in [0.2, 0.25) is 0 Å². The molecule has 5 heteroatoms. The van der Waals surface area contributed by atoms with Crippen molar-refractivity contribution >= 4 is 26.5 Å². The Bertz CT molecular complexity index is 995. The zero-order valence-electron chi connectivity index (χ0n) is 20.7. The molecule has 1 heterocycles. The van der Waals surface area contributed by atoms with Crippen LogP contribution in [0.2, 0.25) is 0 Å². The predicted molar refractivity (Wildman–Crippen MR) is 142 cm³/mol. The van der Waals surface area contributed by atoms with Gasteiger partial charge in [-0.1, -0.05) is 0 Å². The molecule has 3 aromatic rings. The topological polar surface area (TPSA) is 9.86 Å². The second-order valence-electron chi connectivity index (χ2n) is 9.45. The Morgan fingerprint density at radius 1 is 0.562 bits per heavy atom. The van der Waals surface area contributed by atoms with Crippen LogP contribution in [0.25, 0.3) is 11.4 Å². The molecular weight excluding hydrogens is 517 g/mol. The fraction of sp³-hybridized carbons (Fsp3) is 0.444. The second-order valence-corrected chi connectivity index (χ2v) is 16.9. The van der Waals surface area contributed by atoms with Crippen LogP contribution in [0.5, 0.6) is 0 Å². The third-order valence-corrected chi connectivity index (χ3v) is 12.9. The van der Waals surface area contributed by atoms with E-state index in [2.05, 4.69) is 143 Å². The Labute approximate surface area is 207 Å². The zero-order valence-corrected chi connectivity index (χ0v) is 24.1. The summed E-state index contributed by atoms with van der Waals surface area (Å²) in [6, 6.07) is 18.0. The fourth-order valence-electron chi connectivity index (χ4n) is 4.79. The summed E-state index contributed by atoms with van der Waals surface area (Å²) in [5, 5.41) is 2.99. The van der Waals surface area contributed by atoms with Crippen LogP contribution >= 0.6 is 15.8 Å². The van der Waals surface area contributed by atoms with Crippen molar-refractivity contribution < 1.29 is 17.9 Å². The van der Waals surface area contributed by atoms with Gasteiger partial charge in [0.15, 0.2) is 0 Å². The van der Waals surface area contributed by atoms with E-state index in [0.717, 1.165) is 4.01 Å². The number of benzene rings is 2. The number of nitrogens with zero attached hydrogens (tertiary/aromatic N) is 2. The SMILES string of the molecule is CC(C)P(c1ccccc1-n1ccn(-c2ccccc2P(C(C)C)C(C)C)[c]1=[Rh])C(C)C. The predicted octanol–water partition coefficient (Wildman–Crippen LogP) is 7.19. The summed E-state index contributed by atoms with van der Waals surface area (Å²) in [5.74, 6) is 0. The van der Waals surface area contributed by atoms with Crippen molar-refractivity contribution in [1.29, 1.82) is 0 Å². The summed E-state index contributed by atoms with van der Waals surface area (Å²) in [4.78, 5) is 0. The molecule has 0 aliphatic rings. The molecule has 2 nitrogen and oxygen atoms in total. The standard InChI is InChI=1S/C27H38N2P2.Rh/c1-20(2)30(21(3)4)26-15-11-9-13-24(26)28-17-18-29(19-28)25-14-10-12-16-27(25)31(22(5)6)23(7)8;/h9-18,20-23H,1-8H3;. The quantitative estimate of drug-likeness (QED) is 0.206. The van der Waals surface area contributed by atoms with Crippen LogP contribution in [0.1, 0.15) is 55.4 Å². The number of imidazole rings is 1. The Balaban J connectivity index is 2.17. The summed E-state index contributed by atoms with van der Waals surface area (Å²) in [6.07, 6.45) is 4.46. The normalized spacial score (nSPS) is 12.3. The molecule has 0 spiro atoms. The van der Waals surface area contributed by atoms with Gasteiger partial charge in [0.25, 0.3) is 0 Å². The fourth-order valence-corrected chi connectivity index (χ4v) is 11.5. The van der Waals surface area contributed by atoms with E-state index in [1.54, 1.807) is 0 Å². The van der Waals surface area contributed by atoms with Gasteiger partial charge in [-0.05, 0) is 0 Å². The number of hydrogen-bond acceptors (Lipinski definition) is 0. The van der Waals surface area contributed by atoms with Gasteiger partial charge in [0.1, 0.15) is 0 Å². The van der Waals surface area contributed by atoms with Gasteiger partial charge in [-0.15, -0.1) is 0 Å². The number of hydrogen-bond donors (Lipinski definition) is 0. The molecule has 0 amide bonds. The molecule has 32 heavy (non-hydrogen) atoms. The van der Waals surface area contributed by atoms with Gasteiger partial charge in [-0.3, -0.25) is 0 Å². The summed E-state index contributed by atoms with van der Waals surface area (Å²) in [7, 11) is -0.497. The van der Waals surface area contributed by atoms with Crippen LogP contribution < -0.4 is 10.6 Å². The van der Waals surface area contributed by atoms with Crippen molar-refractivity contribution in [1.82, 2.24) is 9.13 Å². The maximum absolute atomic E-state index is 3.27. The molecular formula is C27H38N2P2Rh. The molecule has 0 aliphatic heterocycles. The Kier molecular flexibility index (Phi) is 8.88. The van der Waals surface area contributed by atoms with Crippen molar-refractivity contribution in [3.05, 3.63) is 64.9 Å². The van der Waals surface area contributed by atoms with E-state index in [0.29, 0.717) is 22.6 Å². The van der Waals surface area contributed by atoms with E-state index in [-0.39, 0.29) is 15.8 Å². The first-order valence-corrected chi connectivity index (χ1v) is 15.4. The van der Waals surface area contributed by atoms with Gasteiger partial charge in [0, 0.05) is 0 Å². The van der Waals surface area contributed by atoms with Crippen molar-refractivity contribution in [2.24, 2.45) is 0 Å². The third kappa shape index (κ3) is 5.27. The molecule has 0 unspecified atom stereocenters. The molecule has 0 bridgehead atoms. The molecule has 175 valence electrons. The molecule has 0 radical (unpaired) electrons. The first-order chi connectivity index (χ1) is 15.1. The van der Waals surface area contributed by atoms with Gasteiger partial charge in [-0.25, -0.2) is 0 Å². The molecule has 2 aromatic carbocycles. The number of para-hydroxylation sites is 2. The van der Waals surface area contributed by atoms with Crippen LogP contribution in [0.3, 0.4) is 0 Å². The molecule has 0 saturated heterocycles. The molecule has 0 aliphatic carbocycles. The van der Waals surface area contributed by atoms with E-state index in [1.165, 1.54) is 22.0 Å². The molecule has 1 aromatic heterocycles.